The molecule has 0 bridgehead atoms. The maximum Gasteiger partial charge on any atom is 0.257 e. The summed E-state index contributed by atoms with van der Waals surface area (Å²) in [6.07, 6.45) is 1.81. The molecule has 3 aromatic rings. The number of nitrogens with one attached hydrogen (secondary N) is 1. The van der Waals surface area contributed by atoms with Gasteiger partial charge in [0.15, 0.2) is 0 Å². The molecule has 0 spiro atoms. The summed E-state index contributed by atoms with van der Waals surface area (Å²) in [5, 5.41) is 13.9. The fraction of sp³-hybridized carbons (Fsp3) is 0.467. The molecule has 0 amide bonds. The van der Waals surface area contributed by atoms with Crippen LogP contribution in [0.25, 0.3) is 20.2 Å². The first-order valence-corrected chi connectivity index (χ1v) is 8.76. The van der Waals surface area contributed by atoms with Crippen molar-refractivity contribution < 1.29 is 4.42 Å². The van der Waals surface area contributed by atoms with Gasteiger partial charge in [0.1, 0.15) is 0 Å². The molecule has 0 aliphatic heterocycles. The molecule has 3 heterocycles. The molecule has 4 nitrogen and oxygen atoms in total. The van der Waals surface area contributed by atoms with Gasteiger partial charge in [0.25, 0.3) is 5.89 Å². The first-order chi connectivity index (χ1) is 10.0. The van der Waals surface area contributed by atoms with Gasteiger partial charge in [0, 0.05) is 21.4 Å². The average Bonchev–Trinajstić information content (AvgIpc) is 3.07. The second-order valence-corrected chi connectivity index (χ2v) is 8.07. The van der Waals surface area contributed by atoms with E-state index in [0.29, 0.717) is 5.89 Å². The lowest BCUT2D eigenvalue weighted by atomic mass is 10.1. The molecule has 21 heavy (non-hydrogen) atoms. The highest BCUT2D eigenvalue weighted by Gasteiger charge is 2.13. The normalized spacial score (nSPS) is 12.3. The summed E-state index contributed by atoms with van der Waals surface area (Å²) in [5.74, 6) is 1.36. The van der Waals surface area contributed by atoms with Crippen LogP contribution in [-0.2, 0) is 6.42 Å². The van der Waals surface area contributed by atoms with Crippen molar-refractivity contribution in [2.24, 2.45) is 0 Å². The molecule has 0 saturated carbocycles. The first-order valence-electron chi connectivity index (χ1n) is 7.06. The van der Waals surface area contributed by atoms with E-state index in [2.05, 4.69) is 53.8 Å². The molecule has 0 radical (unpaired) electrons. The molecule has 0 atom stereocenters. The fourth-order valence-electron chi connectivity index (χ4n) is 2.03. The predicted octanol–water partition coefficient (Wildman–Crippen LogP) is 4.33. The van der Waals surface area contributed by atoms with Crippen molar-refractivity contribution in [3.05, 3.63) is 23.4 Å². The van der Waals surface area contributed by atoms with E-state index < -0.39 is 0 Å². The number of thiophene rings is 2. The molecular formula is C15H19N3OS2. The molecule has 1 N–H and O–H groups in total. The maximum atomic E-state index is 5.77. The zero-order valence-corrected chi connectivity index (χ0v) is 14.1. The molecule has 0 unspecified atom stereocenters. The van der Waals surface area contributed by atoms with Crippen LogP contribution in [0.1, 0.15) is 33.1 Å². The molecule has 3 rings (SSSR count). The number of hydrogen-bond acceptors (Lipinski definition) is 6. The molecule has 0 fully saturated rings. The van der Waals surface area contributed by atoms with Crippen molar-refractivity contribution in [1.29, 1.82) is 0 Å². The van der Waals surface area contributed by atoms with E-state index in [-0.39, 0.29) is 5.54 Å². The molecular weight excluding hydrogens is 302 g/mol. The average molecular weight is 321 g/mol. The molecule has 6 heteroatoms. The summed E-state index contributed by atoms with van der Waals surface area (Å²) >= 11 is 3.44. The van der Waals surface area contributed by atoms with E-state index in [1.807, 2.05) is 0 Å². The molecule has 0 saturated heterocycles. The third-order valence-electron chi connectivity index (χ3n) is 3.04. The van der Waals surface area contributed by atoms with Gasteiger partial charge < -0.3 is 9.73 Å². The zero-order chi connectivity index (χ0) is 14.9. The van der Waals surface area contributed by atoms with Crippen LogP contribution in [0.4, 0.5) is 0 Å². The van der Waals surface area contributed by atoms with Crippen LogP contribution in [0.15, 0.2) is 21.9 Å². The third kappa shape index (κ3) is 3.70. The van der Waals surface area contributed by atoms with E-state index in [1.54, 1.807) is 22.7 Å². The number of rotatable bonds is 5. The molecule has 112 valence electrons. The standard InChI is InChI=1S/C15H19N3OS2/c1-15(2,3)16-7-4-5-13-17-18-14(19-13)12-9-11-10(21-12)6-8-20-11/h6,8-9,16H,4-5,7H2,1-3H3. The second-order valence-electron chi connectivity index (χ2n) is 6.04. The lowest BCUT2D eigenvalue weighted by molar-refractivity contribution is 0.413. The molecule has 0 aliphatic rings. The fourth-order valence-corrected chi connectivity index (χ4v) is 4.06. The summed E-state index contributed by atoms with van der Waals surface area (Å²) in [6.45, 7) is 7.46. The van der Waals surface area contributed by atoms with Crippen LogP contribution in [0, 0.1) is 0 Å². The van der Waals surface area contributed by atoms with E-state index in [9.17, 15) is 0 Å². The Bertz CT molecular complexity index is 692. The van der Waals surface area contributed by atoms with E-state index in [4.69, 9.17) is 4.42 Å². The van der Waals surface area contributed by atoms with Crippen LogP contribution >= 0.6 is 22.7 Å². The number of hydrogen-bond donors (Lipinski definition) is 1. The first kappa shape index (κ1) is 14.7. The topological polar surface area (TPSA) is 51.0 Å². The Morgan fingerprint density at radius 3 is 2.86 bits per heavy atom. The van der Waals surface area contributed by atoms with Gasteiger partial charge in [-0.3, -0.25) is 0 Å². The van der Waals surface area contributed by atoms with Gasteiger partial charge in [0.2, 0.25) is 5.89 Å². The Kier molecular flexibility index (Phi) is 4.10. The summed E-state index contributed by atoms with van der Waals surface area (Å²) in [4.78, 5) is 1.06. The lowest BCUT2D eigenvalue weighted by Crippen LogP contribution is -2.36. The second kappa shape index (κ2) is 5.87. The quantitative estimate of drug-likeness (QED) is 0.711. The monoisotopic (exact) mass is 321 g/mol. The van der Waals surface area contributed by atoms with Crippen molar-refractivity contribution in [2.75, 3.05) is 6.54 Å². The third-order valence-corrected chi connectivity index (χ3v) is 5.12. The summed E-state index contributed by atoms with van der Waals surface area (Å²) in [7, 11) is 0. The summed E-state index contributed by atoms with van der Waals surface area (Å²) in [6, 6.07) is 4.26. The predicted molar refractivity (Wildman–Crippen MR) is 89.1 cm³/mol. The Morgan fingerprint density at radius 1 is 1.24 bits per heavy atom. The van der Waals surface area contributed by atoms with Gasteiger partial charge in [-0.25, -0.2) is 0 Å². The van der Waals surface area contributed by atoms with Crippen LogP contribution < -0.4 is 5.32 Å². The number of nitrogens with zero attached hydrogens (tertiary/aromatic N) is 2. The highest BCUT2D eigenvalue weighted by atomic mass is 32.1. The van der Waals surface area contributed by atoms with E-state index in [0.717, 1.165) is 30.2 Å². The minimum absolute atomic E-state index is 0.155. The number of aryl methyl sites for hydroxylation is 1. The van der Waals surface area contributed by atoms with Gasteiger partial charge >= 0.3 is 0 Å². The number of aromatic nitrogens is 2. The number of fused-ring (bicyclic) bond motifs is 1. The van der Waals surface area contributed by atoms with Crippen molar-refractivity contribution in [1.82, 2.24) is 15.5 Å². The van der Waals surface area contributed by atoms with Crippen molar-refractivity contribution >= 4 is 32.1 Å². The summed E-state index contributed by atoms with van der Waals surface area (Å²) in [5.41, 5.74) is 0.155. The minimum Gasteiger partial charge on any atom is -0.420 e. The Balaban J connectivity index is 1.60. The summed E-state index contributed by atoms with van der Waals surface area (Å²) < 4.78 is 8.33. The molecule has 0 aromatic carbocycles. The largest absolute Gasteiger partial charge is 0.420 e. The van der Waals surface area contributed by atoms with Gasteiger partial charge in [0.05, 0.1) is 4.88 Å². The lowest BCUT2D eigenvalue weighted by Gasteiger charge is -2.19. The van der Waals surface area contributed by atoms with Crippen LogP contribution in [-0.4, -0.2) is 22.3 Å². The zero-order valence-electron chi connectivity index (χ0n) is 12.5. The Labute approximate surface area is 132 Å². The SMILES string of the molecule is CC(C)(C)NCCCc1nnc(-c2cc3sccc3s2)o1. The highest BCUT2D eigenvalue weighted by molar-refractivity contribution is 7.28. The molecule has 0 aliphatic carbocycles. The molecule has 3 aromatic heterocycles. The van der Waals surface area contributed by atoms with Gasteiger partial charge in [-0.05, 0) is 51.2 Å². The Morgan fingerprint density at radius 2 is 2.10 bits per heavy atom. The highest BCUT2D eigenvalue weighted by Crippen LogP contribution is 2.35. The van der Waals surface area contributed by atoms with Crippen molar-refractivity contribution in [3.8, 4) is 10.8 Å². The van der Waals surface area contributed by atoms with E-state index in [1.165, 1.54) is 9.40 Å². The van der Waals surface area contributed by atoms with Crippen LogP contribution in [0.2, 0.25) is 0 Å². The van der Waals surface area contributed by atoms with E-state index >= 15 is 0 Å². The smallest absolute Gasteiger partial charge is 0.257 e. The van der Waals surface area contributed by atoms with Crippen LogP contribution in [0.5, 0.6) is 0 Å². The van der Waals surface area contributed by atoms with Gasteiger partial charge in [-0.1, -0.05) is 0 Å². The van der Waals surface area contributed by atoms with Crippen LogP contribution in [0.3, 0.4) is 0 Å². The van der Waals surface area contributed by atoms with Crippen molar-refractivity contribution in [3.63, 3.8) is 0 Å². The minimum atomic E-state index is 0.155. The van der Waals surface area contributed by atoms with Gasteiger partial charge in [-0.2, -0.15) is 0 Å². The Hall–Kier alpha value is -1.24. The van der Waals surface area contributed by atoms with Gasteiger partial charge in [-0.15, -0.1) is 32.9 Å². The van der Waals surface area contributed by atoms with Crippen molar-refractivity contribution in [2.45, 2.75) is 39.2 Å². The maximum absolute atomic E-state index is 5.77.